The van der Waals surface area contributed by atoms with Gasteiger partial charge in [0.2, 0.25) is 0 Å². The molecule has 0 bridgehead atoms. The van der Waals surface area contributed by atoms with Crippen LogP contribution in [0.2, 0.25) is 10.0 Å². The third kappa shape index (κ3) is 4.28. The fourth-order valence-corrected chi connectivity index (χ4v) is 2.97. The summed E-state index contributed by atoms with van der Waals surface area (Å²) >= 11 is 11.6. The summed E-state index contributed by atoms with van der Waals surface area (Å²) in [5, 5.41) is 10.6. The average Bonchev–Trinajstić information content (AvgIpc) is 2.46. The Balaban J connectivity index is 2.36. The van der Waals surface area contributed by atoms with Gasteiger partial charge in [-0.2, -0.15) is 8.42 Å². The maximum atomic E-state index is 13.1. The van der Waals surface area contributed by atoms with Crippen LogP contribution in [0, 0.1) is 10.1 Å². The van der Waals surface area contributed by atoms with E-state index in [-0.39, 0.29) is 15.7 Å². The first-order valence-corrected chi connectivity index (χ1v) is 8.18. The van der Waals surface area contributed by atoms with E-state index in [1.807, 2.05) is 0 Å². The number of halogens is 3. The molecule has 23 heavy (non-hydrogen) atoms. The summed E-state index contributed by atoms with van der Waals surface area (Å²) in [7, 11) is -4.93. The highest BCUT2D eigenvalue weighted by atomic mass is 35.5. The number of nitro benzene ring substituents is 1. The third-order valence-electron chi connectivity index (χ3n) is 2.87. The Labute approximate surface area is 141 Å². The van der Waals surface area contributed by atoms with Crippen molar-refractivity contribution in [1.29, 1.82) is 0 Å². The summed E-state index contributed by atoms with van der Waals surface area (Å²) < 4.78 is 35.0. The van der Waals surface area contributed by atoms with Gasteiger partial charge in [-0.25, -0.2) is 0 Å². The Hall–Kier alpha value is -1.96. The molecular formula is C14H8Cl2FNO4S. The minimum atomic E-state index is -4.93. The average molecular weight is 376 g/mol. The number of nitro groups is 1. The molecule has 9 heteroatoms. The second-order valence-electron chi connectivity index (χ2n) is 4.42. The molecule has 0 radical (unpaired) electrons. The van der Waals surface area contributed by atoms with Gasteiger partial charge in [0.1, 0.15) is 4.90 Å². The molecule has 120 valence electrons. The van der Waals surface area contributed by atoms with Crippen LogP contribution in [0.25, 0.3) is 12.2 Å². The highest BCUT2D eigenvalue weighted by Gasteiger charge is 2.16. The van der Waals surface area contributed by atoms with Crippen LogP contribution >= 0.6 is 23.2 Å². The van der Waals surface area contributed by atoms with E-state index < -0.39 is 20.0 Å². The van der Waals surface area contributed by atoms with E-state index in [1.54, 1.807) is 0 Å². The molecule has 0 aliphatic rings. The summed E-state index contributed by atoms with van der Waals surface area (Å²) in [6.07, 6.45) is 3.00. The highest BCUT2D eigenvalue weighted by Crippen LogP contribution is 2.27. The van der Waals surface area contributed by atoms with Crippen LogP contribution in [0.15, 0.2) is 41.3 Å². The molecule has 0 N–H and O–H groups in total. The van der Waals surface area contributed by atoms with Gasteiger partial charge in [0, 0.05) is 12.1 Å². The molecule has 0 amide bonds. The predicted octanol–water partition coefficient (Wildman–Crippen LogP) is 4.73. The van der Waals surface area contributed by atoms with Gasteiger partial charge in [-0.1, -0.05) is 41.4 Å². The molecule has 0 atom stereocenters. The van der Waals surface area contributed by atoms with Gasteiger partial charge in [0.15, 0.2) is 0 Å². The molecule has 0 heterocycles. The molecule has 0 fully saturated rings. The second-order valence-corrected chi connectivity index (χ2v) is 6.55. The number of hydrogen-bond donors (Lipinski definition) is 0. The number of rotatable bonds is 4. The van der Waals surface area contributed by atoms with Crippen LogP contribution in [0.1, 0.15) is 11.1 Å². The van der Waals surface area contributed by atoms with Crippen molar-refractivity contribution >= 4 is 51.3 Å². The molecule has 0 spiro atoms. The Morgan fingerprint density at radius 3 is 2.30 bits per heavy atom. The topological polar surface area (TPSA) is 77.3 Å². The highest BCUT2D eigenvalue weighted by molar-refractivity contribution is 7.86. The normalized spacial score (nSPS) is 11.8. The van der Waals surface area contributed by atoms with Crippen molar-refractivity contribution < 1.29 is 17.2 Å². The first-order chi connectivity index (χ1) is 10.7. The van der Waals surface area contributed by atoms with Crippen molar-refractivity contribution in [3.05, 3.63) is 67.7 Å². The van der Waals surface area contributed by atoms with Gasteiger partial charge < -0.3 is 0 Å². The van der Waals surface area contributed by atoms with E-state index in [4.69, 9.17) is 23.2 Å². The van der Waals surface area contributed by atoms with E-state index in [9.17, 15) is 22.4 Å². The monoisotopic (exact) mass is 375 g/mol. The van der Waals surface area contributed by atoms with E-state index in [2.05, 4.69) is 0 Å². The zero-order chi connectivity index (χ0) is 17.2. The fraction of sp³-hybridized carbons (Fsp3) is 0. The maximum Gasteiger partial charge on any atom is 0.333 e. The lowest BCUT2D eigenvalue weighted by Gasteiger charge is -2.02. The first-order valence-electron chi connectivity index (χ1n) is 6.05. The summed E-state index contributed by atoms with van der Waals surface area (Å²) in [5.41, 5.74) is 0.710. The van der Waals surface area contributed by atoms with Crippen molar-refractivity contribution in [1.82, 2.24) is 0 Å². The van der Waals surface area contributed by atoms with Crippen LogP contribution in [0.4, 0.5) is 9.57 Å². The summed E-state index contributed by atoms with van der Waals surface area (Å²) in [4.78, 5) is 9.43. The van der Waals surface area contributed by atoms with Gasteiger partial charge in [0.25, 0.3) is 5.69 Å². The number of benzene rings is 2. The molecule has 0 saturated heterocycles. The molecule has 5 nitrogen and oxygen atoms in total. The quantitative estimate of drug-likeness (QED) is 0.335. The van der Waals surface area contributed by atoms with Gasteiger partial charge in [-0.3, -0.25) is 10.1 Å². The standard InChI is InChI=1S/C14H8Cl2FNO4S/c15-12-6-2-9(7-14(12)23(17,21)22)1-3-10-4-5-11(18(19)20)8-13(10)16/h1-8H/b3-1-. The van der Waals surface area contributed by atoms with Gasteiger partial charge >= 0.3 is 10.2 Å². The zero-order valence-corrected chi connectivity index (χ0v) is 13.6. The first kappa shape index (κ1) is 17.4. The maximum absolute atomic E-state index is 13.1. The van der Waals surface area contributed by atoms with Crippen molar-refractivity contribution in [2.75, 3.05) is 0 Å². The zero-order valence-electron chi connectivity index (χ0n) is 11.2. The molecule has 0 aromatic heterocycles. The van der Waals surface area contributed by atoms with Crippen molar-refractivity contribution in [2.24, 2.45) is 0 Å². The lowest BCUT2D eigenvalue weighted by molar-refractivity contribution is -0.384. The summed E-state index contributed by atoms with van der Waals surface area (Å²) in [6, 6.07) is 7.75. The van der Waals surface area contributed by atoms with E-state index in [1.165, 1.54) is 42.5 Å². The third-order valence-corrected chi connectivity index (χ3v) is 4.50. The molecule has 0 unspecified atom stereocenters. The minimum absolute atomic E-state index is 0.149. The molecule has 2 aromatic carbocycles. The predicted molar refractivity (Wildman–Crippen MR) is 86.8 cm³/mol. The molecule has 0 aliphatic heterocycles. The fourth-order valence-electron chi connectivity index (χ4n) is 1.76. The van der Waals surface area contributed by atoms with Crippen molar-refractivity contribution in [3.8, 4) is 0 Å². The van der Waals surface area contributed by atoms with Gasteiger partial charge in [-0.15, -0.1) is 3.89 Å². The Morgan fingerprint density at radius 1 is 1.04 bits per heavy atom. The van der Waals surface area contributed by atoms with E-state index >= 15 is 0 Å². The van der Waals surface area contributed by atoms with Gasteiger partial charge in [-0.05, 0) is 29.3 Å². The SMILES string of the molecule is O=[N+]([O-])c1ccc(/C=C\c2ccc(Cl)c(S(=O)(=O)F)c2)c(Cl)c1. The lowest BCUT2D eigenvalue weighted by atomic mass is 10.1. The van der Waals surface area contributed by atoms with Crippen LogP contribution < -0.4 is 0 Å². The van der Waals surface area contributed by atoms with E-state index in [0.29, 0.717) is 11.1 Å². The van der Waals surface area contributed by atoms with Crippen LogP contribution in [0.5, 0.6) is 0 Å². The Kier molecular flexibility index (Phi) is 5.03. The Bertz CT molecular complexity index is 913. The van der Waals surface area contributed by atoms with Crippen LogP contribution in [0.3, 0.4) is 0 Å². The second kappa shape index (κ2) is 6.66. The number of nitrogens with zero attached hydrogens (tertiary/aromatic N) is 1. The Morgan fingerprint density at radius 2 is 1.74 bits per heavy atom. The van der Waals surface area contributed by atoms with Crippen LogP contribution in [-0.2, 0) is 10.2 Å². The summed E-state index contributed by atoms with van der Waals surface area (Å²) in [6.45, 7) is 0. The number of non-ortho nitro benzene ring substituents is 1. The number of hydrogen-bond acceptors (Lipinski definition) is 4. The summed E-state index contributed by atoms with van der Waals surface area (Å²) in [5.74, 6) is 0. The smallest absolute Gasteiger partial charge is 0.258 e. The van der Waals surface area contributed by atoms with Crippen molar-refractivity contribution in [2.45, 2.75) is 4.90 Å². The minimum Gasteiger partial charge on any atom is -0.258 e. The van der Waals surface area contributed by atoms with Gasteiger partial charge in [0.05, 0.1) is 15.0 Å². The molecule has 2 aromatic rings. The molecule has 0 saturated carbocycles. The molecular weight excluding hydrogens is 368 g/mol. The van der Waals surface area contributed by atoms with Crippen molar-refractivity contribution in [3.63, 3.8) is 0 Å². The lowest BCUT2D eigenvalue weighted by Crippen LogP contribution is -1.93. The van der Waals surface area contributed by atoms with E-state index in [0.717, 1.165) is 6.07 Å². The molecule has 0 aliphatic carbocycles. The van der Waals surface area contributed by atoms with Crippen LogP contribution in [-0.4, -0.2) is 13.3 Å². The molecule has 2 rings (SSSR count). The largest absolute Gasteiger partial charge is 0.333 e.